The average Bonchev–Trinajstić information content (AvgIpc) is 2.53. The molecule has 0 aliphatic rings. The van der Waals surface area contributed by atoms with Crippen LogP contribution in [0.4, 0.5) is 0 Å². The molecule has 0 aliphatic heterocycles. The zero-order valence-electron chi connectivity index (χ0n) is 12.7. The second-order valence-electron chi connectivity index (χ2n) is 5.02. The molecule has 0 aromatic heterocycles. The molecule has 112 valence electrons. The Morgan fingerprint density at radius 3 is 2.33 bits per heavy atom. The molecule has 0 saturated heterocycles. The first-order valence-corrected chi connectivity index (χ1v) is 6.91. The highest BCUT2D eigenvalue weighted by Gasteiger charge is 2.16. The smallest absolute Gasteiger partial charge is 0.127 e. The largest absolute Gasteiger partial charge is 0.497 e. The van der Waals surface area contributed by atoms with Gasteiger partial charge in [-0.1, -0.05) is 35.9 Å². The summed E-state index contributed by atoms with van der Waals surface area (Å²) in [5.41, 5.74) is 6.36. The van der Waals surface area contributed by atoms with Crippen LogP contribution in [0.15, 0.2) is 42.5 Å². The molecule has 0 spiro atoms. The van der Waals surface area contributed by atoms with Crippen molar-refractivity contribution in [2.75, 3.05) is 14.2 Å². The second-order valence-corrected chi connectivity index (χ2v) is 5.02. The van der Waals surface area contributed by atoms with Crippen molar-refractivity contribution in [3.05, 3.63) is 59.2 Å². The summed E-state index contributed by atoms with van der Waals surface area (Å²) in [5.74, 6) is 7.27. The van der Waals surface area contributed by atoms with E-state index in [-0.39, 0.29) is 6.04 Å². The number of aryl methyl sites for hydroxylation is 1. The zero-order chi connectivity index (χ0) is 15.2. The molecule has 3 N–H and O–H groups in total. The summed E-state index contributed by atoms with van der Waals surface area (Å²) in [5, 5.41) is 0. The summed E-state index contributed by atoms with van der Waals surface area (Å²) < 4.78 is 10.7. The number of nitrogens with one attached hydrogen (secondary N) is 1. The summed E-state index contributed by atoms with van der Waals surface area (Å²) in [6.45, 7) is 2.08. The summed E-state index contributed by atoms with van der Waals surface area (Å²) in [6.07, 6.45) is 0.791. The molecule has 0 fully saturated rings. The summed E-state index contributed by atoms with van der Waals surface area (Å²) in [7, 11) is 3.29. The lowest BCUT2D eigenvalue weighted by atomic mass is 9.98. The van der Waals surface area contributed by atoms with Crippen LogP contribution in [0.3, 0.4) is 0 Å². The van der Waals surface area contributed by atoms with Gasteiger partial charge >= 0.3 is 0 Å². The van der Waals surface area contributed by atoms with E-state index < -0.39 is 0 Å². The van der Waals surface area contributed by atoms with Gasteiger partial charge < -0.3 is 9.47 Å². The van der Waals surface area contributed by atoms with Crippen LogP contribution in [0.25, 0.3) is 0 Å². The van der Waals surface area contributed by atoms with Gasteiger partial charge in [-0.25, -0.2) is 0 Å². The van der Waals surface area contributed by atoms with Crippen LogP contribution in [0, 0.1) is 6.92 Å². The molecule has 1 unspecified atom stereocenters. The molecule has 0 aliphatic carbocycles. The normalized spacial score (nSPS) is 12.0. The first-order valence-electron chi connectivity index (χ1n) is 6.91. The lowest BCUT2D eigenvalue weighted by Gasteiger charge is -2.20. The number of benzene rings is 2. The maximum Gasteiger partial charge on any atom is 0.127 e. The SMILES string of the molecule is COc1ccc(C(Cc2ccc(C)cc2)NN)c(OC)c1. The fourth-order valence-corrected chi connectivity index (χ4v) is 2.32. The molecule has 1 atom stereocenters. The number of hydrazine groups is 1. The summed E-state index contributed by atoms with van der Waals surface area (Å²) in [4.78, 5) is 0. The third-order valence-electron chi connectivity index (χ3n) is 3.58. The Hall–Kier alpha value is -2.04. The predicted octanol–water partition coefficient (Wildman–Crippen LogP) is 2.76. The van der Waals surface area contributed by atoms with Crippen LogP contribution >= 0.6 is 0 Å². The van der Waals surface area contributed by atoms with Crippen LogP contribution in [0.2, 0.25) is 0 Å². The Labute approximate surface area is 125 Å². The molecule has 2 aromatic carbocycles. The number of hydrogen-bond acceptors (Lipinski definition) is 4. The first kappa shape index (κ1) is 15.4. The van der Waals surface area contributed by atoms with Gasteiger partial charge in [0.25, 0.3) is 0 Å². The summed E-state index contributed by atoms with van der Waals surface area (Å²) >= 11 is 0. The molecule has 4 heteroatoms. The lowest BCUT2D eigenvalue weighted by Crippen LogP contribution is -2.29. The summed E-state index contributed by atoms with van der Waals surface area (Å²) in [6, 6.07) is 14.2. The predicted molar refractivity (Wildman–Crippen MR) is 84.5 cm³/mol. The number of ether oxygens (including phenoxy) is 2. The monoisotopic (exact) mass is 286 g/mol. The van der Waals surface area contributed by atoms with Gasteiger partial charge in [0.2, 0.25) is 0 Å². The van der Waals surface area contributed by atoms with Crippen LogP contribution in [0.1, 0.15) is 22.7 Å². The van der Waals surface area contributed by atoms with Crippen molar-refractivity contribution >= 4 is 0 Å². The number of methoxy groups -OCH3 is 2. The van der Waals surface area contributed by atoms with Crippen LogP contribution in [0.5, 0.6) is 11.5 Å². The van der Waals surface area contributed by atoms with Crippen molar-refractivity contribution in [1.29, 1.82) is 0 Å². The van der Waals surface area contributed by atoms with Crippen molar-refractivity contribution in [3.63, 3.8) is 0 Å². The fourth-order valence-electron chi connectivity index (χ4n) is 2.32. The van der Waals surface area contributed by atoms with Gasteiger partial charge in [0.15, 0.2) is 0 Å². The van der Waals surface area contributed by atoms with Gasteiger partial charge in [-0.3, -0.25) is 11.3 Å². The van der Waals surface area contributed by atoms with Gasteiger partial charge in [-0.15, -0.1) is 0 Å². The average molecular weight is 286 g/mol. The van der Waals surface area contributed by atoms with E-state index >= 15 is 0 Å². The minimum Gasteiger partial charge on any atom is -0.497 e. The topological polar surface area (TPSA) is 56.5 Å². The van der Waals surface area contributed by atoms with Crippen molar-refractivity contribution in [2.45, 2.75) is 19.4 Å². The van der Waals surface area contributed by atoms with Crippen molar-refractivity contribution in [1.82, 2.24) is 5.43 Å². The molecule has 2 rings (SSSR count). The standard InChI is InChI=1S/C17H22N2O2/c1-12-4-6-13(7-5-12)10-16(19-18)15-9-8-14(20-2)11-17(15)21-3/h4-9,11,16,19H,10,18H2,1-3H3. The van der Waals surface area contributed by atoms with E-state index in [1.165, 1.54) is 11.1 Å². The maximum absolute atomic E-state index is 5.74. The number of hydrogen-bond donors (Lipinski definition) is 2. The van der Waals surface area contributed by atoms with Gasteiger partial charge in [0, 0.05) is 11.6 Å². The third-order valence-corrected chi connectivity index (χ3v) is 3.58. The Morgan fingerprint density at radius 1 is 1.05 bits per heavy atom. The van der Waals surface area contributed by atoms with Crippen LogP contribution in [-0.4, -0.2) is 14.2 Å². The van der Waals surface area contributed by atoms with Crippen molar-refractivity contribution in [3.8, 4) is 11.5 Å². The van der Waals surface area contributed by atoms with E-state index in [9.17, 15) is 0 Å². The third kappa shape index (κ3) is 3.74. The van der Waals surface area contributed by atoms with E-state index in [1.807, 2.05) is 18.2 Å². The Morgan fingerprint density at radius 2 is 1.76 bits per heavy atom. The fraction of sp³-hybridized carbons (Fsp3) is 0.294. The van der Waals surface area contributed by atoms with Gasteiger partial charge in [-0.05, 0) is 25.0 Å². The lowest BCUT2D eigenvalue weighted by molar-refractivity contribution is 0.384. The molecule has 4 nitrogen and oxygen atoms in total. The molecule has 0 bridgehead atoms. The molecule has 0 amide bonds. The van der Waals surface area contributed by atoms with E-state index in [0.717, 1.165) is 23.5 Å². The quantitative estimate of drug-likeness (QED) is 0.633. The van der Waals surface area contributed by atoms with Crippen LogP contribution < -0.4 is 20.7 Å². The van der Waals surface area contributed by atoms with E-state index in [0.29, 0.717) is 0 Å². The van der Waals surface area contributed by atoms with Gasteiger partial charge in [0.05, 0.1) is 20.3 Å². The molecule has 0 heterocycles. The number of nitrogens with two attached hydrogens (primary N) is 1. The van der Waals surface area contributed by atoms with Gasteiger partial charge in [-0.2, -0.15) is 0 Å². The van der Waals surface area contributed by atoms with Gasteiger partial charge in [0.1, 0.15) is 11.5 Å². The molecule has 2 aromatic rings. The Kier molecular flexibility index (Phi) is 5.20. The minimum atomic E-state index is -0.0198. The number of rotatable bonds is 6. The Balaban J connectivity index is 2.26. The first-order chi connectivity index (χ1) is 10.2. The molecular formula is C17H22N2O2. The van der Waals surface area contributed by atoms with E-state index in [4.69, 9.17) is 15.3 Å². The second kappa shape index (κ2) is 7.11. The van der Waals surface area contributed by atoms with Crippen molar-refractivity contribution in [2.24, 2.45) is 5.84 Å². The highest BCUT2D eigenvalue weighted by Crippen LogP contribution is 2.30. The molecule has 0 radical (unpaired) electrons. The zero-order valence-corrected chi connectivity index (χ0v) is 12.7. The minimum absolute atomic E-state index is 0.0198. The molecule has 0 saturated carbocycles. The van der Waals surface area contributed by atoms with E-state index in [2.05, 4.69) is 36.6 Å². The van der Waals surface area contributed by atoms with E-state index in [1.54, 1.807) is 14.2 Å². The maximum atomic E-state index is 5.74. The molecular weight excluding hydrogens is 264 g/mol. The highest BCUT2D eigenvalue weighted by atomic mass is 16.5. The highest BCUT2D eigenvalue weighted by molar-refractivity contribution is 5.43. The Bertz CT molecular complexity index is 582. The van der Waals surface area contributed by atoms with Crippen molar-refractivity contribution < 1.29 is 9.47 Å². The molecule has 21 heavy (non-hydrogen) atoms. The van der Waals surface area contributed by atoms with Crippen LogP contribution in [-0.2, 0) is 6.42 Å².